The van der Waals surface area contributed by atoms with E-state index in [-0.39, 0.29) is 12.1 Å². The second kappa shape index (κ2) is 6.92. The molecule has 0 saturated heterocycles. The first-order valence-electron chi connectivity index (χ1n) is 8.12. The van der Waals surface area contributed by atoms with Crippen LogP contribution in [0.3, 0.4) is 0 Å². The van der Waals surface area contributed by atoms with Gasteiger partial charge in [-0.05, 0) is 48.1 Å². The SMILES string of the molecule is CC(C)Cc1ccc(C(C)C2=NC(c3ccncc3)NO2)cc1. The van der Waals surface area contributed by atoms with E-state index in [1.54, 1.807) is 12.4 Å². The number of aliphatic imine (C=N–C) groups is 1. The summed E-state index contributed by atoms with van der Waals surface area (Å²) in [6.45, 7) is 6.60. The van der Waals surface area contributed by atoms with Crippen LogP contribution in [0.15, 0.2) is 53.8 Å². The van der Waals surface area contributed by atoms with Crippen LogP contribution < -0.4 is 5.48 Å². The third-order valence-electron chi connectivity index (χ3n) is 4.05. The van der Waals surface area contributed by atoms with E-state index in [0.29, 0.717) is 5.92 Å². The number of benzene rings is 1. The fourth-order valence-corrected chi connectivity index (χ4v) is 2.74. The Hall–Kier alpha value is -2.20. The van der Waals surface area contributed by atoms with Gasteiger partial charge in [0.25, 0.3) is 0 Å². The molecule has 0 aliphatic carbocycles. The highest BCUT2D eigenvalue weighted by Crippen LogP contribution is 2.26. The zero-order chi connectivity index (χ0) is 16.2. The number of nitrogens with zero attached hydrogens (tertiary/aromatic N) is 2. The molecule has 1 aliphatic heterocycles. The first-order valence-corrected chi connectivity index (χ1v) is 8.12. The summed E-state index contributed by atoms with van der Waals surface area (Å²) in [6.07, 6.45) is 4.48. The molecule has 1 aromatic carbocycles. The quantitative estimate of drug-likeness (QED) is 0.907. The summed E-state index contributed by atoms with van der Waals surface area (Å²) in [5, 5.41) is 0. The lowest BCUT2D eigenvalue weighted by atomic mass is 9.96. The highest BCUT2D eigenvalue weighted by Gasteiger charge is 2.25. The zero-order valence-electron chi connectivity index (χ0n) is 13.9. The van der Waals surface area contributed by atoms with Crippen LogP contribution in [-0.2, 0) is 11.3 Å². The normalized spacial score (nSPS) is 18.6. The molecule has 2 atom stereocenters. The third kappa shape index (κ3) is 3.77. The van der Waals surface area contributed by atoms with Crippen molar-refractivity contribution in [3.63, 3.8) is 0 Å². The van der Waals surface area contributed by atoms with Crippen molar-refractivity contribution in [2.75, 3.05) is 0 Å². The summed E-state index contributed by atoms with van der Waals surface area (Å²) in [5.74, 6) is 1.52. The summed E-state index contributed by atoms with van der Waals surface area (Å²) >= 11 is 0. The Morgan fingerprint density at radius 2 is 1.74 bits per heavy atom. The molecule has 0 spiro atoms. The standard InChI is InChI=1S/C19H23N3O/c1-13(2)12-15-4-6-16(7-5-15)14(3)19-21-18(22-23-19)17-8-10-20-11-9-17/h4-11,13-14,18,22H,12H2,1-3H3. The lowest BCUT2D eigenvalue weighted by Gasteiger charge is -2.12. The van der Waals surface area contributed by atoms with Gasteiger partial charge in [-0.1, -0.05) is 38.1 Å². The molecule has 23 heavy (non-hydrogen) atoms. The Morgan fingerprint density at radius 1 is 1.04 bits per heavy atom. The van der Waals surface area contributed by atoms with Gasteiger partial charge in [0, 0.05) is 12.4 Å². The number of nitrogens with one attached hydrogen (secondary N) is 1. The number of hydrogen-bond donors (Lipinski definition) is 1. The van der Waals surface area contributed by atoms with Crippen molar-refractivity contribution in [2.45, 2.75) is 39.3 Å². The maximum Gasteiger partial charge on any atom is 0.218 e. The molecule has 0 amide bonds. The van der Waals surface area contributed by atoms with E-state index >= 15 is 0 Å². The summed E-state index contributed by atoms with van der Waals surface area (Å²) in [6, 6.07) is 12.6. The fourth-order valence-electron chi connectivity index (χ4n) is 2.74. The molecule has 1 N–H and O–H groups in total. The highest BCUT2D eigenvalue weighted by molar-refractivity contribution is 5.84. The van der Waals surface area contributed by atoms with Crippen LogP contribution in [0.25, 0.3) is 0 Å². The van der Waals surface area contributed by atoms with Gasteiger partial charge in [-0.2, -0.15) is 0 Å². The minimum atomic E-state index is -0.157. The summed E-state index contributed by atoms with van der Waals surface area (Å²) in [5.41, 5.74) is 6.62. The minimum absolute atomic E-state index is 0.127. The van der Waals surface area contributed by atoms with Crippen molar-refractivity contribution in [1.82, 2.24) is 10.5 Å². The van der Waals surface area contributed by atoms with Crippen molar-refractivity contribution in [3.05, 3.63) is 65.5 Å². The number of hydroxylamine groups is 1. The maximum absolute atomic E-state index is 5.61. The first-order chi connectivity index (χ1) is 11.1. The van der Waals surface area contributed by atoms with Gasteiger partial charge in [-0.25, -0.2) is 4.99 Å². The number of hydrogen-bond acceptors (Lipinski definition) is 4. The van der Waals surface area contributed by atoms with Crippen LogP contribution in [0.4, 0.5) is 0 Å². The smallest absolute Gasteiger partial charge is 0.218 e. The average molecular weight is 309 g/mol. The molecular formula is C19H23N3O. The molecule has 2 aromatic rings. The molecule has 1 aliphatic rings. The van der Waals surface area contributed by atoms with Crippen LogP contribution in [0, 0.1) is 5.92 Å². The predicted molar refractivity (Wildman–Crippen MR) is 92.0 cm³/mol. The van der Waals surface area contributed by atoms with Crippen LogP contribution in [0.1, 0.15) is 49.5 Å². The zero-order valence-corrected chi connectivity index (χ0v) is 13.9. The van der Waals surface area contributed by atoms with Gasteiger partial charge >= 0.3 is 0 Å². The van der Waals surface area contributed by atoms with Gasteiger partial charge in [0.15, 0.2) is 6.17 Å². The Balaban J connectivity index is 1.72. The topological polar surface area (TPSA) is 46.5 Å². The van der Waals surface area contributed by atoms with E-state index in [1.165, 1.54) is 11.1 Å². The van der Waals surface area contributed by atoms with E-state index in [0.717, 1.165) is 17.9 Å². The molecule has 2 heterocycles. The summed E-state index contributed by atoms with van der Waals surface area (Å²) < 4.78 is 0. The Labute approximate surface area is 137 Å². The molecule has 0 saturated carbocycles. The largest absolute Gasteiger partial charge is 0.390 e. The molecule has 1 aromatic heterocycles. The number of rotatable bonds is 5. The van der Waals surface area contributed by atoms with Gasteiger partial charge in [0.1, 0.15) is 0 Å². The van der Waals surface area contributed by atoms with Crippen LogP contribution in [0.2, 0.25) is 0 Å². The van der Waals surface area contributed by atoms with Gasteiger partial charge in [0.05, 0.1) is 5.92 Å². The van der Waals surface area contributed by atoms with Gasteiger partial charge in [-0.3, -0.25) is 4.98 Å². The fraction of sp³-hybridized carbons (Fsp3) is 0.368. The Morgan fingerprint density at radius 3 is 2.39 bits per heavy atom. The first kappa shape index (κ1) is 15.7. The van der Waals surface area contributed by atoms with Crippen LogP contribution in [-0.4, -0.2) is 10.9 Å². The second-order valence-electron chi connectivity index (χ2n) is 6.43. The van der Waals surface area contributed by atoms with E-state index in [1.807, 2.05) is 12.1 Å². The van der Waals surface area contributed by atoms with Crippen molar-refractivity contribution >= 4 is 5.90 Å². The highest BCUT2D eigenvalue weighted by atomic mass is 16.7. The van der Waals surface area contributed by atoms with Crippen molar-refractivity contribution in [3.8, 4) is 0 Å². The molecule has 0 radical (unpaired) electrons. The molecule has 2 unspecified atom stereocenters. The summed E-state index contributed by atoms with van der Waals surface area (Å²) in [7, 11) is 0. The third-order valence-corrected chi connectivity index (χ3v) is 4.05. The van der Waals surface area contributed by atoms with Gasteiger partial charge < -0.3 is 4.84 Å². The molecular weight excluding hydrogens is 286 g/mol. The Bertz CT molecular complexity index is 665. The minimum Gasteiger partial charge on any atom is -0.390 e. The lowest BCUT2D eigenvalue weighted by molar-refractivity contribution is 0.173. The van der Waals surface area contributed by atoms with Gasteiger partial charge in [-0.15, -0.1) is 5.48 Å². The predicted octanol–water partition coefficient (Wildman–Crippen LogP) is 4.02. The molecule has 3 rings (SSSR count). The lowest BCUT2D eigenvalue weighted by Crippen LogP contribution is -2.17. The van der Waals surface area contributed by atoms with E-state index in [2.05, 4.69) is 60.5 Å². The maximum atomic E-state index is 5.61. The van der Waals surface area contributed by atoms with Crippen LogP contribution >= 0.6 is 0 Å². The van der Waals surface area contributed by atoms with E-state index in [4.69, 9.17) is 4.84 Å². The van der Waals surface area contributed by atoms with Crippen LogP contribution in [0.5, 0.6) is 0 Å². The average Bonchev–Trinajstić information content (AvgIpc) is 3.05. The molecule has 120 valence electrons. The number of pyridine rings is 1. The van der Waals surface area contributed by atoms with Gasteiger partial charge in [0.2, 0.25) is 5.90 Å². The Kier molecular flexibility index (Phi) is 4.72. The molecule has 0 bridgehead atoms. The summed E-state index contributed by atoms with van der Waals surface area (Å²) in [4.78, 5) is 14.3. The monoisotopic (exact) mass is 309 g/mol. The van der Waals surface area contributed by atoms with Crippen molar-refractivity contribution in [2.24, 2.45) is 10.9 Å². The second-order valence-corrected chi connectivity index (χ2v) is 6.43. The van der Waals surface area contributed by atoms with Crippen molar-refractivity contribution < 1.29 is 4.84 Å². The molecule has 4 nitrogen and oxygen atoms in total. The van der Waals surface area contributed by atoms with E-state index < -0.39 is 0 Å². The van der Waals surface area contributed by atoms with Crippen molar-refractivity contribution in [1.29, 1.82) is 0 Å². The number of aromatic nitrogens is 1. The molecule has 4 heteroatoms. The molecule has 0 fully saturated rings. The van der Waals surface area contributed by atoms with E-state index in [9.17, 15) is 0 Å².